The lowest BCUT2D eigenvalue weighted by Gasteiger charge is -2.27. The van der Waals surface area contributed by atoms with Gasteiger partial charge in [0.05, 0.1) is 37.2 Å². The average molecular weight is 361 g/mol. The number of aromatic nitrogens is 3. The van der Waals surface area contributed by atoms with E-state index >= 15 is 0 Å². The molecule has 0 aromatic carbocycles. The first-order chi connectivity index (χ1) is 12.6. The van der Waals surface area contributed by atoms with E-state index in [1.165, 1.54) is 12.4 Å². The third-order valence-corrected chi connectivity index (χ3v) is 4.54. The number of rotatable bonds is 6. The molecule has 2 heterocycles. The molecule has 0 radical (unpaired) electrons. The van der Waals surface area contributed by atoms with Crippen molar-refractivity contribution in [3.63, 3.8) is 0 Å². The second kappa shape index (κ2) is 8.27. The molecule has 8 heteroatoms. The minimum Gasteiger partial charge on any atom is -0.473 e. The van der Waals surface area contributed by atoms with Crippen LogP contribution in [0.15, 0.2) is 16.9 Å². The van der Waals surface area contributed by atoms with Gasteiger partial charge >= 0.3 is 5.97 Å². The molecule has 1 unspecified atom stereocenters. The summed E-state index contributed by atoms with van der Waals surface area (Å²) in [6.07, 6.45) is 6.20. The Morgan fingerprint density at radius 2 is 2.19 bits per heavy atom. The zero-order chi connectivity index (χ0) is 18.5. The van der Waals surface area contributed by atoms with Crippen molar-refractivity contribution in [3.8, 4) is 17.3 Å². The molecule has 0 aliphatic heterocycles. The SMILES string of the molecule is CCOC(=O)[C@H]1CCCC(Oc2cnc(-c3onc(C)c3CO)cn2)C1. The van der Waals surface area contributed by atoms with E-state index < -0.39 is 0 Å². The molecule has 3 rings (SSSR count). The monoisotopic (exact) mass is 361 g/mol. The highest BCUT2D eigenvalue weighted by Gasteiger charge is 2.29. The molecule has 1 fully saturated rings. The van der Waals surface area contributed by atoms with Crippen LogP contribution in [0, 0.1) is 12.8 Å². The van der Waals surface area contributed by atoms with E-state index in [1.54, 1.807) is 6.92 Å². The quantitative estimate of drug-likeness (QED) is 0.782. The lowest BCUT2D eigenvalue weighted by Crippen LogP contribution is -2.31. The van der Waals surface area contributed by atoms with Gasteiger partial charge < -0.3 is 19.1 Å². The Bertz CT molecular complexity index is 744. The summed E-state index contributed by atoms with van der Waals surface area (Å²) in [6, 6.07) is 0. The molecule has 140 valence electrons. The number of aliphatic hydroxyl groups excluding tert-OH is 1. The Morgan fingerprint density at radius 1 is 1.35 bits per heavy atom. The maximum absolute atomic E-state index is 11.9. The highest BCUT2D eigenvalue weighted by atomic mass is 16.5. The van der Waals surface area contributed by atoms with Gasteiger partial charge in [-0.2, -0.15) is 0 Å². The van der Waals surface area contributed by atoms with Crippen LogP contribution in [-0.4, -0.2) is 38.9 Å². The summed E-state index contributed by atoms with van der Waals surface area (Å²) in [5.74, 6) is 0.527. The minimum absolute atomic E-state index is 0.0844. The molecule has 2 aromatic rings. The molecule has 1 saturated carbocycles. The molecule has 2 aromatic heterocycles. The van der Waals surface area contributed by atoms with E-state index in [4.69, 9.17) is 14.0 Å². The molecule has 2 atom stereocenters. The smallest absolute Gasteiger partial charge is 0.309 e. The second-order valence-electron chi connectivity index (χ2n) is 6.33. The molecule has 1 N–H and O–H groups in total. The Labute approximate surface area is 151 Å². The lowest BCUT2D eigenvalue weighted by molar-refractivity contribution is -0.150. The topological polar surface area (TPSA) is 108 Å². The number of carbonyl (C=O) groups is 1. The average Bonchev–Trinajstić information content (AvgIpc) is 3.03. The molecular formula is C18H23N3O5. The highest BCUT2D eigenvalue weighted by Crippen LogP contribution is 2.29. The van der Waals surface area contributed by atoms with Gasteiger partial charge in [0.2, 0.25) is 5.88 Å². The Hall–Kier alpha value is -2.48. The number of aryl methyl sites for hydroxylation is 1. The third-order valence-electron chi connectivity index (χ3n) is 4.54. The van der Waals surface area contributed by atoms with Crippen molar-refractivity contribution in [2.75, 3.05) is 6.61 Å². The Balaban J connectivity index is 1.65. The number of hydrogen-bond acceptors (Lipinski definition) is 8. The Morgan fingerprint density at radius 3 is 2.88 bits per heavy atom. The van der Waals surface area contributed by atoms with Crippen LogP contribution >= 0.6 is 0 Å². The van der Waals surface area contributed by atoms with Crippen LogP contribution in [0.2, 0.25) is 0 Å². The first kappa shape index (κ1) is 18.3. The number of ether oxygens (including phenoxy) is 2. The fraction of sp³-hybridized carbons (Fsp3) is 0.556. The molecule has 0 bridgehead atoms. The van der Waals surface area contributed by atoms with E-state index in [1.807, 2.05) is 6.92 Å². The van der Waals surface area contributed by atoms with Gasteiger partial charge in [0.1, 0.15) is 11.8 Å². The summed E-state index contributed by atoms with van der Waals surface area (Å²) in [5, 5.41) is 13.3. The van der Waals surface area contributed by atoms with Crippen LogP contribution in [-0.2, 0) is 16.1 Å². The van der Waals surface area contributed by atoms with E-state index in [2.05, 4.69) is 15.1 Å². The minimum atomic E-state index is -0.179. The molecule has 0 amide bonds. The van der Waals surface area contributed by atoms with Crippen LogP contribution in [0.25, 0.3) is 11.5 Å². The molecule has 0 spiro atoms. The first-order valence-electron chi connectivity index (χ1n) is 8.84. The fourth-order valence-electron chi connectivity index (χ4n) is 3.17. The highest BCUT2D eigenvalue weighted by molar-refractivity contribution is 5.72. The van der Waals surface area contributed by atoms with E-state index in [0.717, 1.165) is 19.3 Å². The van der Waals surface area contributed by atoms with Crippen molar-refractivity contribution in [2.24, 2.45) is 5.92 Å². The van der Waals surface area contributed by atoms with E-state index in [9.17, 15) is 9.90 Å². The van der Waals surface area contributed by atoms with Gasteiger partial charge in [-0.05, 0) is 39.5 Å². The van der Waals surface area contributed by atoms with E-state index in [-0.39, 0.29) is 24.6 Å². The van der Waals surface area contributed by atoms with Crippen molar-refractivity contribution in [1.82, 2.24) is 15.1 Å². The van der Waals surface area contributed by atoms with Gasteiger partial charge in [0.25, 0.3) is 0 Å². The summed E-state index contributed by atoms with van der Waals surface area (Å²) >= 11 is 0. The molecule has 26 heavy (non-hydrogen) atoms. The van der Waals surface area contributed by atoms with Crippen molar-refractivity contribution in [3.05, 3.63) is 23.7 Å². The number of nitrogens with zero attached hydrogens (tertiary/aromatic N) is 3. The predicted octanol–water partition coefficient (Wildman–Crippen LogP) is 2.43. The Kier molecular flexibility index (Phi) is 5.82. The number of carbonyl (C=O) groups excluding carboxylic acids is 1. The van der Waals surface area contributed by atoms with Gasteiger partial charge in [-0.3, -0.25) is 4.79 Å². The molecule has 1 aliphatic carbocycles. The van der Waals surface area contributed by atoms with Crippen LogP contribution in [0.5, 0.6) is 5.88 Å². The van der Waals surface area contributed by atoms with Gasteiger partial charge in [-0.1, -0.05) is 5.16 Å². The standard InChI is InChI=1S/C18H23N3O5/c1-3-24-18(23)12-5-4-6-13(7-12)25-16-9-19-15(8-20-16)17-14(10-22)11(2)21-26-17/h8-9,12-13,22H,3-7,10H2,1-2H3/t12-,13?/m0/s1. The first-order valence-corrected chi connectivity index (χ1v) is 8.84. The maximum Gasteiger partial charge on any atom is 0.309 e. The molecular weight excluding hydrogens is 338 g/mol. The number of esters is 1. The molecule has 0 saturated heterocycles. The van der Waals surface area contributed by atoms with Crippen molar-refractivity contribution >= 4 is 5.97 Å². The fourth-order valence-corrected chi connectivity index (χ4v) is 3.17. The predicted molar refractivity (Wildman–Crippen MR) is 91.2 cm³/mol. The number of aliphatic hydroxyl groups is 1. The zero-order valence-corrected chi connectivity index (χ0v) is 15.0. The molecule has 8 nitrogen and oxygen atoms in total. The summed E-state index contributed by atoms with van der Waals surface area (Å²) < 4.78 is 16.2. The number of hydrogen-bond donors (Lipinski definition) is 1. The van der Waals surface area contributed by atoms with Crippen LogP contribution in [0.4, 0.5) is 0 Å². The van der Waals surface area contributed by atoms with Crippen LogP contribution < -0.4 is 4.74 Å². The maximum atomic E-state index is 11.9. The van der Waals surface area contributed by atoms with Crippen LogP contribution in [0.1, 0.15) is 43.9 Å². The van der Waals surface area contributed by atoms with Gasteiger partial charge in [0.15, 0.2) is 5.76 Å². The van der Waals surface area contributed by atoms with Crippen molar-refractivity contribution in [1.29, 1.82) is 0 Å². The third kappa shape index (κ3) is 4.01. The summed E-state index contributed by atoms with van der Waals surface area (Å²) in [6.45, 7) is 3.78. The van der Waals surface area contributed by atoms with Crippen molar-refractivity contribution in [2.45, 2.75) is 52.2 Å². The normalized spacial score (nSPS) is 20.0. The van der Waals surface area contributed by atoms with Crippen LogP contribution in [0.3, 0.4) is 0 Å². The van der Waals surface area contributed by atoms with Gasteiger partial charge in [-0.25, -0.2) is 9.97 Å². The second-order valence-corrected chi connectivity index (χ2v) is 6.33. The largest absolute Gasteiger partial charge is 0.473 e. The van der Waals surface area contributed by atoms with Gasteiger partial charge in [0, 0.05) is 5.56 Å². The summed E-state index contributed by atoms with van der Waals surface area (Å²) in [5.41, 5.74) is 1.70. The molecule has 1 aliphatic rings. The summed E-state index contributed by atoms with van der Waals surface area (Å²) in [4.78, 5) is 20.5. The van der Waals surface area contributed by atoms with Crippen molar-refractivity contribution < 1.29 is 23.9 Å². The summed E-state index contributed by atoms with van der Waals surface area (Å²) in [7, 11) is 0. The zero-order valence-electron chi connectivity index (χ0n) is 15.0. The lowest BCUT2D eigenvalue weighted by atomic mass is 9.87. The van der Waals surface area contributed by atoms with E-state index in [0.29, 0.717) is 41.6 Å². The van der Waals surface area contributed by atoms with Gasteiger partial charge in [-0.15, -0.1) is 0 Å².